The molecule has 0 radical (unpaired) electrons. The molecule has 0 aliphatic rings. The van der Waals surface area contributed by atoms with Crippen molar-refractivity contribution in [1.82, 2.24) is 15.2 Å². The minimum absolute atomic E-state index is 0.404. The summed E-state index contributed by atoms with van der Waals surface area (Å²) in [5.41, 5.74) is 3.77. The lowest BCUT2D eigenvalue weighted by molar-refractivity contribution is 0.284. The Bertz CT molecular complexity index is 1310. The number of methoxy groups -OCH3 is 1. The van der Waals surface area contributed by atoms with Gasteiger partial charge in [0.2, 0.25) is 0 Å². The number of H-pyrrole nitrogens is 1. The van der Waals surface area contributed by atoms with Crippen molar-refractivity contribution in [3.8, 4) is 22.8 Å². The number of aromatic nitrogens is 3. The monoisotopic (exact) mass is 412 g/mol. The van der Waals surface area contributed by atoms with Crippen molar-refractivity contribution in [3.05, 3.63) is 84.7 Å². The maximum absolute atomic E-state index is 5.93. The minimum Gasteiger partial charge on any atom is -0.493 e. The molecule has 0 fully saturated rings. The fourth-order valence-corrected chi connectivity index (χ4v) is 3.28. The highest BCUT2D eigenvalue weighted by Gasteiger charge is 2.12. The molecule has 31 heavy (non-hydrogen) atoms. The van der Waals surface area contributed by atoms with E-state index in [9.17, 15) is 0 Å². The third-order valence-corrected chi connectivity index (χ3v) is 4.88. The van der Waals surface area contributed by atoms with E-state index >= 15 is 0 Å². The molecule has 5 aromatic rings. The van der Waals surface area contributed by atoms with Gasteiger partial charge in [0, 0.05) is 16.6 Å². The van der Waals surface area contributed by atoms with Crippen molar-refractivity contribution >= 4 is 22.6 Å². The Morgan fingerprint density at radius 3 is 2.74 bits per heavy atom. The number of rotatable bonds is 7. The van der Waals surface area contributed by atoms with E-state index < -0.39 is 0 Å². The van der Waals surface area contributed by atoms with Gasteiger partial charge in [-0.05, 0) is 42.0 Å². The quantitative estimate of drug-likeness (QED) is 0.365. The molecule has 0 saturated carbocycles. The van der Waals surface area contributed by atoms with E-state index in [1.165, 1.54) is 0 Å². The van der Waals surface area contributed by atoms with Crippen LogP contribution >= 0.6 is 0 Å². The van der Waals surface area contributed by atoms with Crippen molar-refractivity contribution in [1.29, 1.82) is 0 Å². The van der Waals surface area contributed by atoms with E-state index in [1.54, 1.807) is 19.5 Å². The zero-order valence-corrected chi connectivity index (χ0v) is 16.8. The molecular formula is C24H20N4O3. The molecule has 7 nitrogen and oxygen atoms in total. The minimum atomic E-state index is 0.404. The van der Waals surface area contributed by atoms with Crippen LogP contribution in [0.4, 0.5) is 11.7 Å². The number of oxazole rings is 1. The fourth-order valence-electron chi connectivity index (χ4n) is 3.28. The lowest BCUT2D eigenvalue weighted by Gasteiger charge is -2.11. The summed E-state index contributed by atoms with van der Waals surface area (Å²) in [4.78, 5) is 4.34. The predicted molar refractivity (Wildman–Crippen MR) is 119 cm³/mol. The van der Waals surface area contributed by atoms with Gasteiger partial charge in [-0.2, -0.15) is 5.10 Å². The average molecular weight is 412 g/mol. The number of nitrogens with zero attached hydrogens (tertiary/aromatic N) is 2. The molecule has 0 amide bonds. The van der Waals surface area contributed by atoms with Gasteiger partial charge in [-0.3, -0.25) is 5.10 Å². The average Bonchev–Trinajstić information content (AvgIpc) is 3.47. The molecule has 2 heterocycles. The first-order valence-electron chi connectivity index (χ1n) is 9.79. The largest absolute Gasteiger partial charge is 0.493 e. The van der Waals surface area contributed by atoms with Gasteiger partial charge in [-0.1, -0.05) is 30.3 Å². The van der Waals surface area contributed by atoms with E-state index in [-0.39, 0.29) is 0 Å². The first-order valence-corrected chi connectivity index (χ1v) is 9.79. The van der Waals surface area contributed by atoms with E-state index in [1.807, 2.05) is 66.7 Å². The lowest BCUT2D eigenvalue weighted by Crippen LogP contribution is -1.97. The number of aromatic amines is 1. The number of nitrogens with one attached hydrogen (secondary N) is 2. The summed E-state index contributed by atoms with van der Waals surface area (Å²) in [6.45, 7) is 0.466. The number of hydrogen-bond donors (Lipinski definition) is 2. The van der Waals surface area contributed by atoms with E-state index in [2.05, 4.69) is 20.5 Å². The Hall–Kier alpha value is -4.26. The van der Waals surface area contributed by atoms with E-state index in [0.717, 1.165) is 27.7 Å². The SMILES string of the molecule is COc1cc(-c2cnc(Nc3ccc4[nH]ncc4c3)o2)ccc1OCc1ccccc1. The number of hydrogen-bond acceptors (Lipinski definition) is 6. The van der Waals surface area contributed by atoms with Gasteiger partial charge in [0.25, 0.3) is 6.01 Å². The van der Waals surface area contributed by atoms with Crippen molar-refractivity contribution in [2.45, 2.75) is 6.61 Å². The fraction of sp³-hybridized carbons (Fsp3) is 0.0833. The van der Waals surface area contributed by atoms with Crippen molar-refractivity contribution in [3.63, 3.8) is 0 Å². The topological polar surface area (TPSA) is 85.2 Å². The lowest BCUT2D eigenvalue weighted by atomic mass is 10.1. The molecule has 7 heteroatoms. The summed E-state index contributed by atoms with van der Waals surface area (Å²) >= 11 is 0. The molecular weight excluding hydrogens is 392 g/mol. The second-order valence-electron chi connectivity index (χ2n) is 6.97. The Morgan fingerprint density at radius 1 is 0.968 bits per heavy atom. The van der Waals surface area contributed by atoms with Crippen LogP contribution in [-0.4, -0.2) is 22.3 Å². The number of benzene rings is 3. The first kappa shape index (κ1) is 18.7. The molecule has 0 bridgehead atoms. The van der Waals surface area contributed by atoms with Gasteiger partial charge in [-0.15, -0.1) is 0 Å². The van der Waals surface area contributed by atoms with Crippen molar-refractivity contribution in [2.75, 3.05) is 12.4 Å². The van der Waals surface area contributed by atoms with Crippen LogP contribution in [-0.2, 0) is 6.61 Å². The number of fused-ring (bicyclic) bond motifs is 1. The van der Waals surface area contributed by atoms with Crippen LogP contribution in [0, 0.1) is 0 Å². The van der Waals surface area contributed by atoms with Gasteiger partial charge in [0.05, 0.1) is 25.0 Å². The molecule has 0 atom stereocenters. The maximum Gasteiger partial charge on any atom is 0.299 e. The Morgan fingerprint density at radius 2 is 1.87 bits per heavy atom. The molecule has 0 spiro atoms. The van der Waals surface area contributed by atoms with Crippen LogP contribution in [0.5, 0.6) is 11.5 Å². The third kappa shape index (κ3) is 4.06. The molecule has 0 unspecified atom stereocenters. The predicted octanol–water partition coefficient (Wildman–Crippen LogP) is 5.55. The molecule has 5 rings (SSSR count). The summed E-state index contributed by atoms with van der Waals surface area (Å²) in [6, 6.07) is 21.9. The standard InChI is InChI=1S/C24H20N4O3/c1-29-22-12-17(7-10-21(22)30-15-16-5-3-2-4-6-16)23-14-25-24(31-23)27-19-8-9-20-18(11-19)13-26-28-20/h2-14H,15H2,1H3,(H,25,27)(H,26,28). The van der Waals surface area contributed by atoms with Gasteiger partial charge in [0.1, 0.15) is 6.61 Å². The zero-order chi connectivity index (χ0) is 21.0. The van der Waals surface area contributed by atoms with Crippen molar-refractivity contribution in [2.24, 2.45) is 0 Å². The van der Waals surface area contributed by atoms with Crippen LogP contribution in [0.25, 0.3) is 22.2 Å². The molecule has 3 aromatic carbocycles. The van der Waals surface area contributed by atoms with Gasteiger partial charge in [-0.25, -0.2) is 4.98 Å². The maximum atomic E-state index is 5.93. The molecule has 2 aromatic heterocycles. The molecule has 2 N–H and O–H groups in total. The summed E-state index contributed by atoms with van der Waals surface area (Å²) < 4.78 is 17.3. The van der Waals surface area contributed by atoms with Gasteiger partial charge < -0.3 is 19.2 Å². The highest BCUT2D eigenvalue weighted by Crippen LogP contribution is 2.34. The van der Waals surface area contributed by atoms with Crippen LogP contribution in [0.3, 0.4) is 0 Å². The van der Waals surface area contributed by atoms with E-state index in [4.69, 9.17) is 13.9 Å². The third-order valence-electron chi connectivity index (χ3n) is 4.88. The summed E-state index contributed by atoms with van der Waals surface area (Å²) in [6.07, 6.45) is 3.45. The highest BCUT2D eigenvalue weighted by molar-refractivity contribution is 5.82. The molecule has 0 saturated heterocycles. The molecule has 154 valence electrons. The Labute approximate surface area is 178 Å². The van der Waals surface area contributed by atoms with E-state index in [0.29, 0.717) is 29.9 Å². The van der Waals surface area contributed by atoms with Crippen molar-refractivity contribution < 1.29 is 13.9 Å². The summed E-state index contributed by atoms with van der Waals surface area (Å²) in [5.74, 6) is 1.92. The number of ether oxygens (including phenoxy) is 2. The Balaban J connectivity index is 1.32. The molecule has 0 aliphatic heterocycles. The van der Waals surface area contributed by atoms with Gasteiger partial charge in [0.15, 0.2) is 17.3 Å². The Kier molecular flexibility index (Phi) is 4.98. The highest BCUT2D eigenvalue weighted by atomic mass is 16.5. The zero-order valence-electron chi connectivity index (χ0n) is 16.8. The summed E-state index contributed by atoms with van der Waals surface area (Å²) in [5, 5.41) is 11.1. The van der Waals surface area contributed by atoms with Crippen LogP contribution in [0.1, 0.15) is 5.56 Å². The molecule has 0 aliphatic carbocycles. The summed E-state index contributed by atoms with van der Waals surface area (Å²) in [7, 11) is 1.62. The second-order valence-corrected chi connectivity index (χ2v) is 6.97. The van der Waals surface area contributed by atoms with Crippen LogP contribution in [0.15, 0.2) is 83.5 Å². The number of anilines is 2. The first-order chi connectivity index (χ1) is 15.3. The van der Waals surface area contributed by atoms with Gasteiger partial charge >= 0.3 is 0 Å². The normalized spacial score (nSPS) is 10.9. The van der Waals surface area contributed by atoms with Crippen LogP contribution in [0.2, 0.25) is 0 Å². The van der Waals surface area contributed by atoms with Crippen LogP contribution < -0.4 is 14.8 Å². The smallest absolute Gasteiger partial charge is 0.299 e. The second kappa shape index (κ2) is 8.23.